The number of carboxylic acid groups (broad SMARTS) is 1. The zero-order valence-electron chi connectivity index (χ0n) is 9.81. The van der Waals surface area contributed by atoms with Crippen molar-refractivity contribution in [3.63, 3.8) is 0 Å². The Bertz CT molecular complexity index is 654. The Kier molecular flexibility index (Phi) is 3.82. The van der Waals surface area contributed by atoms with Crippen LogP contribution in [0.15, 0.2) is 24.4 Å². The van der Waals surface area contributed by atoms with Gasteiger partial charge < -0.3 is 10.4 Å². The van der Waals surface area contributed by atoms with Gasteiger partial charge in [-0.25, -0.2) is 9.78 Å². The van der Waals surface area contributed by atoms with E-state index in [9.17, 15) is 9.59 Å². The summed E-state index contributed by atoms with van der Waals surface area (Å²) < 4.78 is 0. The molecule has 1 aromatic carbocycles. The monoisotopic (exact) mass is 296 g/mol. The van der Waals surface area contributed by atoms with E-state index in [4.69, 9.17) is 16.7 Å². The first-order valence-electron chi connectivity index (χ1n) is 5.24. The molecule has 19 heavy (non-hydrogen) atoms. The summed E-state index contributed by atoms with van der Waals surface area (Å²) in [5, 5.41) is 12.5. The summed E-state index contributed by atoms with van der Waals surface area (Å²) in [5.41, 5.74) is 0.317. The first kappa shape index (κ1) is 13.5. The number of hydrogen-bond donors (Lipinski definition) is 2. The van der Waals surface area contributed by atoms with Crippen LogP contribution in [0, 0.1) is 6.92 Å². The van der Waals surface area contributed by atoms with Crippen molar-refractivity contribution >= 4 is 40.5 Å². The van der Waals surface area contributed by atoms with Gasteiger partial charge in [0.1, 0.15) is 4.88 Å². The number of carboxylic acids is 1. The molecule has 0 radical (unpaired) electrons. The normalized spacial score (nSPS) is 10.2. The largest absolute Gasteiger partial charge is 0.478 e. The maximum Gasteiger partial charge on any atom is 0.337 e. The van der Waals surface area contributed by atoms with Crippen molar-refractivity contribution in [2.45, 2.75) is 6.92 Å². The number of benzene rings is 1. The second kappa shape index (κ2) is 5.38. The molecule has 0 aliphatic rings. The molecule has 0 saturated heterocycles. The summed E-state index contributed by atoms with van der Waals surface area (Å²) in [5.74, 6) is -1.47. The van der Waals surface area contributed by atoms with E-state index >= 15 is 0 Å². The lowest BCUT2D eigenvalue weighted by molar-refractivity contribution is 0.0696. The lowest BCUT2D eigenvalue weighted by atomic mass is 10.2. The van der Waals surface area contributed by atoms with E-state index < -0.39 is 5.97 Å². The molecule has 0 fully saturated rings. The van der Waals surface area contributed by atoms with Crippen LogP contribution in [-0.2, 0) is 0 Å². The Morgan fingerprint density at radius 1 is 1.42 bits per heavy atom. The summed E-state index contributed by atoms with van der Waals surface area (Å²) in [7, 11) is 0. The summed E-state index contributed by atoms with van der Waals surface area (Å²) in [6.45, 7) is 1.80. The smallest absolute Gasteiger partial charge is 0.337 e. The van der Waals surface area contributed by atoms with Crippen molar-refractivity contribution < 1.29 is 14.7 Å². The predicted octanol–water partition coefficient (Wildman–Crippen LogP) is 3.06. The van der Waals surface area contributed by atoms with Crippen LogP contribution in [0.2, 0.25) is 5.02 Å². The van der Waals surface area contributed by atoms with Gasteiger partial charge in [0.05, 0.1) is 21.8 Å². The number of hydrogen-bond acceptors (Lipinski definition) is 4. The van der Waals surface area contributed by atoms with Gasteiger partial charge in [0.2, 0.25) is 0 Å². The maximum absolute atomic E-state index is 11.9. The zero-order chi connectivity index (χ0) is 14.0. The van der Waals surface area contributed by atoms with Crippen LogP contribution in [0.1, 0.15) is 25.0 Å². The molecule has 98 valence electrons. The number of nitrogens with zero attached hydrogens (tertiary/aromatic N) is 1. The third kappa shape index (κ3) is 3.10. The topological polar surface area (TPSA) is 79.3 Å². The fourth-order valence-corrected chi connectivity index (χ4v) is 2.30. The Hall–Kier alpha value is -1.92. The molecule has 2 aromatic rings. The minimum atomic E-state index is -1.14. The zero-order valence-corrected chi connectivity index (χ0v) is 11.4. The van der Waals surface area contributed by atoms with Crippen molar-refractivity contribution in [3.8, 4) is 0 Å². The van der Waals surface area contributed by atoms with Crippen LogP contribution in [-0.4, -0.2) is 22.0 Å². The van der Waals surface area contributed by atoms with E-state index in [0.29, 0.717) is 10.6 Å². The highest BCUT2D eigenvalue weighted by molar-refractivity contribution is 7.13. The SMILES string of the molecule is Cc1ncc(C(=O)Nc2ccc(Cl)c(C(=O)O)c2)s1. The van der Waals surface area contributed by atoms with Crippen LogP contribution in [0.3, 0.4) is 0 Å². The molecule has 0 unspecified atom stereocenters. The van der Waals surface area contributed by atoms with Crippen molar-refractivity contribution in [2.75, 3.05) is 5.32 Å². The van der Waals surface area contributed by atoms with Gasteiger partial charge in [0.15, 0.2) is 0 Å². The van der Waals surface area contributed by atoms with Crippen molar-refractivity contribution in [2.24, 2.45) is 0 Å². The Morgan fingerprint density at radius 3 is 2.74 bits per heavy atom. The minimum absolute atomic E-state index is 0.0556. The van der Waals surface area contributed by atoms with Crippen LogP contribution in [0.5, 0.6) is 0 Å². The van der Waals surface area contributed by atoms with E-state index in [1.165, 1.54) is 29.7 Å². The summed E-state index contributed by atoms with van der Waals surface area (Å²) in [6.07, 6.45) is 1.48. The van der Waals surface area contributed by atoms with Gasteiger partial charge in [0, 0.05) is 5.69 Å². The third-order valence-corrected chi connectivity index (χ3v) is 3.54. The van der Waals surface area contributed by atoms with Crippen LogP contribution >= 0.6 is 22.9 Å². The molecule has 7 heteroatoms. The molecule has 0 saturated carbocycles. The average Bonchev–Trinajstić information content (AvgIpc) is 2.78. The van der Waals surface area contributed by atoms with Gasteiger partial charge in [-0.15, -0.1) is 11.3 Å². The minimum Gasteiger partial charge on any atom is -0.478 e. The summed E-state index contributed by atoms with van der Waals surface area (Å²) >= 11 is 7.01. The molecule has 0 spiro atoms. The number of nitrogens with one attached hydrogen (secondary N) is 1. The first-order chi connectivity index (χ1) is 8.97. The third-order valence-electron chi connectivity index (χ3n) is 2.30. The summed E-state index contributed by atoms with van der Waals surface area (Å²) in [4.78, 5) is 27.2. The quantitative estimate of drug-likeness (QED) is 0.912. The number of carbonyl (C=O) groups excluding carboxylic acids is 1. The average molecular weight is 297 g/mol. The molecule has 0 bridgehead atoms. The number of anilines is 1. The maximum atomic E-state index is 11.9. The highest BCUT2D eigenvalue weighted by Crippen LogP contribution is 2.21. The molecule has 1 heterocycles. The van der Waals surface area contributed by atoms with Gasteiger partial charge in [-0.3, -0.25) is 4.79 Å². The number of rotatable bonds is 3. The molecule has 0 atom stereocenters. The Morgan fingerprint density at radius 2 is 2.16 bits per heavy atom. The standard InChI is InChI=1S/C12H9ClN2O3S/c1-6-14-5-10(19-6)11(16)15-7-2-3-9(13)8(4-7)12(17)18/h2-5H,1H3,(H,15,16)(H,17,18). The number of amides is 1. The van der Waals surface area contributed by atoms with E-state index in [1.54, 1.807) is 13.0 Å². The number of aromatic nitrogens is 1. The molecule has 5 nitrogen and oxygen atoms in total. The summed E-state index contributed by atoms with van der Waals surface area (Å²) in [6, 6.07) is 4.29. The fourth-order valence-electron chi connectivity index (χ4n) is 1.43. The fraction of sp³-hybridized carbons (Fsp3) is 0.0833. The van der Waals surface area contributed by atoms with E-state index in [2.05, 4.69) is 10.3 Å². The van der Waals surface area contributed by atoms with E-state index in [0.717, 1.165) is 5.01 Å². The van der Waals surface area contributed by atoms with Crippen LogP contribution < -0.4 is 5.32 Å². The molecule has 1 amide bonds. The van der Waals surface area contributed by atoms with Crippen molar-refractivity contribution in [3.05, 3.63) is 44.9 Å². The highest BCUT2D eigenvalue weighted by Gasteiger charge is 2.13. The Labute approximate surface area is 117 Å². The molecular formula is C12H9ClN2O3S. The van der Waals surface area contributed by atoms with Gasteiger partial charge in [0.25, 0.3) is 5.91 Å². The molecule has 0 aliphatic heterocycles. The Balaban J connectivity index is 2.22. The van der Waals surface area contributed by atoms with Crippen molar-refractivity contribution in [1.82, 2.24) is 4.98 Å². The van der Waals surface area contributed by atoms with Crippen LogP contribution in [0.25, 0.3) is 0 Å². The van der Waals surface area contributed by atoms with E-state index in [-0.39, 0.29) is 16.5 Å². The molecule has 0 aliphatic carbocycles. The van der Waals surface area contributed by atoms with Gasteiger partial charge in [-0.05, 0) is 25.1 Å². The van der Waals surface area contributed by atoms with Gasteiger partial charge in [-0.2, -0.15) is 0 Å². The van der Waals surface area contributed by atoms with Gasteiger partial charge >= 0.3 is 5.97 Å². The lowest BCUT2D eigenvalue weighted by Crippen LogP contribution is -2.11. The number of thiazole rings is 1. The second-order valence-electron chi connectivity index (χ2n) is 3.70. The molecule has 2 rings (SSSR count). The van der Waals surface area contributed by atoms with Crippen LogP contribution in [0.4, 0.5) is 5.69 Å². The highest BCUT2D eigenvalue weighted by atomic mass is 35.5. The number of halogens is 1. The van der Waals surface area contributed by atoms with E-state index in [1.807, 2.05) is 0 Å². The molecule has 1 aromatic heterocycles. The predicted molar refractivity (Wildman–Crippen MR) is 73.2 cm³/mol. The molecular weight excluding hydrogens is 288 g/mol. The number of aromatic carboxylic acids is 1. The first-order valence-corrected chi connectivity index (χ1v) is 6.43. The number of aryl methyl sites for hydroxylation is 1. The van der Waals surface area contributed by atoms with Gasteiger partial charge in [-0.1, -0.05) is 11.6 Å². The van der Waals surface area contributed by atoms with Crippen molar-refractivity contribution in [1.29, 1.82) is 0 Å². The molecule has 2 N–H and O–H groups in total. The number of carbonyl (C=O) groups is 2. The second-order valence-corrected chi connectivity index (χ2v) is 5.34. The lowest BCUT2D eigenvalue weighted by Gasteiger charge is -2.05.